The van der Waals surface area contributed by atoms with Gasteiger partial charge in [-0.05, 0) is 36.3 Å². The highest BCUT2D eigenvalue weighted by molar-refractivity contribution is 5.17. The van der Waals surface area contributed by atoms with Crippen LogP contribution in [-0.4, -0.2) is 19.1 Å². The van der Waals surface area contributed by atoms with Gasteiger partial charge in [-0.2, -0.15) is 0 Å². The van der Waals surface area contributed by atoms with E-state index in [0.717, 1.165) is 11.1 Å². The number of hydrogen-bond acceptors (Lipinski definition) is 1. The van der Waals surface area contributed by atoms with Crippen LogP contribution in [0.25, 0.3) is 0 Å². The predicted molar refractivity (Wildman–Crippen MR) is 87.7 cm³/mol. The molecule has 1 heterocycles. The lowest BCUT2D eigenvalue weighted by Crippen LogP contribution is -2.46. The number of aryl methyl sites for hydroxylation is 1. The van der Waals surface area contributed by atoms with Crippen molar-refractivity contribution in [3.05, 3.63) is 71.8 Å². The summed E-state index contributed by atoms with van der Waals surface area (Å²) in [6.45, 7) is -0.0261. The van der Waals surface area contributed by atoms with Gasteiger partial charge in [0.1, 0.15) is 6.61 Å². The maximum Gasteiger partial charge on any atom is 0.274 e. The van der Waals surface area contributed by atoms with E-state index < -0.39 is 18.4 Å². The lowest BCUT2D eigenvalue weighted by molar-refractivity contribution is -0.181. The van der Waals surface area contributed by atoms with Gasteiger partial charge in [-0.3, -0.25) is 0 Å². The highest BCUT2D eigenvalue weighted by Gasteiger charge is 2.47. The van der Waals surface area contributed by atoms with Gasteiger partial charge in [0, 0.05) is 5.92 Å². The first-order chi connectivity index (χ1) is 11.1. The minimum absolute atomic E-state index is 0.134. The standard InChI is InChI=1S/C20H22F2O/c21-20(22)15-23-14-18(13-17-9-5-2-6-10-17)19(20)12-11-16-7-3-1-4-8-16/h1-10,18-19H,11-15H2/t18-,19+/m0/s1. The molecule has 3 heteroatoms. The van der Waals surface area contributed by atoms with Gasteiger partial charge in [-0.1, -0.05) is 60.7 Å². The summed E-state index contributed by atoms with van der Waals surface area (Å²) in [4.78, 5) is 0. The van der Waals surface area contributed by atoms with Crippen molar-refractivity contribution in [3.63, 3.8) is 0 Å². The molecule has 0 spiro atoms. The Balaban J connectivity index is 1.71. The summed E-state index contributed by atoms with van der Waals surface area (Å²) >= 11 is 0. The highest BCUT2D eigenvalue weighted by atomic mass is 19.3. The molecule has 2 aromatic rings. The number of hydrogen-bond donors (Lipinski definition) is 0. The Morgan fingerprint density at radius 3 is 2.17 bits per heavy atom. The molecule has 23 heavy (non-hydrogen) atoms. The Morgan fingerprint density at radius 1 is 0.913 bits per heavy atom. The van der Waals surface area contributed by atoms with E-state index in [1.165, 1.54) is 0 Å². The average Bonchev–Trinajstić information content (AvgIpc) is 2.56. The molecular weight excluding hydrogens is 294 g/mol. The number of benzene rings is 2. The summed E-state index contributed by atoms with van der Waals surface area (Å²) in [5.74, 6) is -3.51. The molecule has 0 radical (unpaired) electrons. The normalized spacial score (nSPS) is 23.6. The highest BCUT2D eigenvalue weighted by Crippen LogP contribution is 2.39. The summed E-state index contributed by atoms with van der Waals surface area (Å²) in [5.41, 5.74) is 2.22. The Morgan fingerprint density at radius 2 is 1.52 bits per heavy atom. The van der Waals surface area contributed by atoms with Crippen LogP contribution in [0, 0.1) is 11.8 Å². The molecule has 3 rings (SSSR count). The fraction of sp³-hybridized carbons (Fsp3) is 0.400. The first-order valence-corrected chi connectivity index (χ1v) is 8.18. The summed E-state index contributed by atoms with van der Waals surface area (Å²) in [7, 11) is 0. The molecule has 1 fully saturated rings. The van der Waals surface area contributed by atoms with Crippen molar-refractivity contribution in [1.82, 2.24) is 0 Å². The molecule has 0 aliphatic carbocycles. The molecule has 1 nitrogen and oxygen atoms in total. The van der Waals surface area contributed by atoms with E-state index in [1.54, 1.807) is 0 Å². The fourth-order valence-corrected chi connectivity index (χ4v) is 3.45. The second-order valence-corrected chi connectivity index (χ2v) is 6.36. The second-order valence-electron chi connectivity index (χ2n) is 6.36. The van der Waals surface area contributed by atoms with Crippen molar-refractivity contribution >= 4 is 0 Å². The van der Waals surface area contributed by atoms with Gasteiger partial charge in [-0.15, -0.1) is 0 Å². The first kappa shape index (κ1) is 16.1. The van der Waals surface area contributed by atoms with E-state index >= 15 is 0 Å². The van der Waals surface area contributed by atoms with Crippen LogP contribution in [0.5, 0.6) is 0 Å². The van der Waals surface area contributed by atoms with E-state index in [2.05, 4.69) is 0 Å². The summed E-state index contributed by atoms with van der Waals surface area (Å²) in [6, 6.07) is 19.7. The van der Waals surface area contributed by atoms with Crippen LogP contribution >= 0.6 is 0 Å². The molecule has 122 valence electrons. The van der Waals surface area contributed by atoms with Crippen molar-refractivity contribution in [2.75, 3.05) is 13.2 Å². The fourth-order valence-electron chi connectivity index (χ4n) is 3.45. The lowest BCUT2D eigenvalue weighted by atomic mass is 9.78. The third kappa shape index (κ3) is 4.17. The zero-order valence-electron chi connectivity index (χ0n) is 13.1. The predicted octanol–water partition coefficient (Wildman–Crippen LogP) is 4.76. The van der Waals surface area contributed by atoms with Crippen LogP contribution in [-0.2, 0) is 17.6 Å². The molecule has 1 aliphatic heterocycles. The smallest absolute Gasteiger partial charge is 0.274 e. The molecule has 0 unspecified atom stereocenters. The van der Waals surface area contributed by atoms with Crippen LogP contribution < -0.4 is 0 Å². The average molecular weight is 316 g/mol. The zero-order chi connectivity index (χ0) is 16.1. The molecule has 0 aromatic heterocycles. The van der Waals surface area contributed by atoms with Crippen molar-refractivity contribution in [1.29, 1.82) is 0 Å². The summed E-state index contributed by atoms with van der Waals surface area (Å²) in [5, 5.41) is 0. The molecular formula is C20H22F2O. The number of halogens is 2. The number of rotatable bonds is 5. The molecule has 1 aliphatic rings. The van der Waals surface area contributed by atoms with E-state index in [0.29, 0.717) is 25.9 Å². The van der Waals surface area contributed by atoms with E-state index in [9.17, 15) is 8.78 Å². The van der Waals surface area contributed by atoms with Gasteiger partial charge in [0.15, 0.2) is 0 Å². The molecule has 2 aromatic carbocycles. The monoisotopic (exact) mass is 316 g/mol. The molecule has 1 saturated heterocycles. The van der Waals surface area contributed by atoms with Crippen molar-refractivity contribution < 1.29 is 13.5 Å². The van der Waals surface area contributed by atoms with Crippen molar-refractivity contribution in [3.8, 4) is 0 Å². The Labute approximate surface area is 136 Å². The van der Waals surface area contributed by atoms with Crippen LogP contribution in [0.1, 0.15) is 17.5 Å². The third-order valence-corrected chi connectivity index (χ3v) is 4.67. The Bertz CT molecular complexity index is 598. The second kappa shape index (κ2) is 7.22. The van der Waals surface area contributed by atoms with Gasteiger partial charge in [-0.25, -0.2) is 8.78 Å². The van der Waals surface area contributed by atoms with E-state index in [4.69, 9.17) is 4.74 Å². The SMILES string of the molecule is FC1(F)COC[C@H](Cc2ccccc2)[C@H]1CCc1ccccc1. The third-order valence-electron chi connectivity index (χ3n) is 4.67. The van der Waals surface area contributed by atoms with Crippen LogP contribution in [0.3, 0.4) is 0 Å². The number of ether oxygens (including phenoxy) is 1. The minimum atomic E-state index is -2.74. The van der Waals surface area contributed by atoms with Crippen molar-refractivity contribution in [2.24, 2.45) is 11.8 Å². The van der Waals surface area contributed by atoms with Crippen LogP contribution in [0.2, 0.25) is 0 Å². The summed E-state index contributed by atoms with van der Waals surface area (Å²) in [6.07, 6.45) is 1.83. The Hall–Kier alpha value is -1.74. The van der Waals surface area contributed by atoms with E-state index in [-0.39, 0.29) is 5.92 Å². The van der Waals surface area contributed by atoms with Crippen LogP contribution in [0.4, 0.5) is 8.78 Å². The van der Waals surface area contributed by atoms with Gasteiger partial charge in [0.05, 0.1) is 6.61 Å². The number of alkyl halides is 2. The van der Waals surface area contributed by atoms with Gasteiger partial charge >= 0.3 is 0 Å². The largest absolute Gasteiger partial charge is 0.375 e. The molecule has 0 bridgehead atoms. The molecule has 2 atom stereocenters. The Kier molecular flexibility index (Phi) is 5.06. The quantitative estimate of drug-likeness (QED) is 0.773. The zero-order valence-corrected chi connectivity index (χ0v) is 13.1. The molecule has 0 N–H and O–H groups in total. The maximum absolute atomic E-state index is 14.4. The topological polar surface area (TPSA) is 9.23 Å². The maximum atomic E-state index is 14.4. The minimum Gasteiger partial charge on any atom is -0.375 e. The van der Waals surface area contributed by atoms with Gasteiger partial charge in [0.25, 0.3) is 5.92 Å². The molecule has 0 amide bonds. The van der Waals surface area contributed by atoms with Crippen molar-refractivity contribution in [2.45, 2.75) is 25.2 Å². The summed E-state index contributed by atoms with van der Waals surface area (Å²) < 4.78 is 34.0. The van der Waals surface area contributed by atoms with Crippen LogP contribution in [0.15, 0.2) is 60.7 Å². The molecule has 0 saturated carbocycles. The van der Waals surface area contributed by atoms with Gasteiger partial charge in [0.2, 0.25) is 0 Å². The first-order valence-electron chi connectivity index (χ1n) is 8.18. The van der Waals surface area contributed by atoms with Gasteiger partial charge < -0.3 is 4.74 Å². The lowest BCUT2D eigenvalue weighted by Gasteiger charge is -2.38. The van der Waals surface area contributed by atoms with E-state index in [1.807, 2.05) is 60.7 Å².